The first kappa shape index (κ1) is 14.5. The van der Waals surface area contributed by atoms with Crippen LogP contribution in [0.15, 0.2) is 18.5 Å². The third-order valence-electron chi connectivity index (χ3n) is 4.30. The van der Waals surface area contributed by atoms with Crippen molar-refractivity contribution in [1.29, 1.82) is 0 Å². The van der Waals surface area contributed by atoms with Gasteiger partial charge in [0, 0.05) is 43.2 Å². The Morgan fingerprint density at radius 3 is 3.05 bits per heavy atom. The Kier molecular flexibility index (Phi) is 4.22. The highest BCUT2D eigenvalue weighted by molar-refractivity contribution is 5.38. The third-order valence-corrected chi connectivity index (χ3v) is 4.30. The second-order valence-corrected chi connectivity index (χ2v) is 6.42. The number of hydrogen-bond donors (Lipinski definition) is 1. The second-order valence-electron chi connectivity index (χ2n) is 6.42. The summed E-state index contributed by atoms with van der Waals surface area (Å²) in [7, 11) is 0. The second kappa shape index (κ2) is 6.12. The van der Waals surface area contributed by atoms with Crippen molar-refractivity contribution in [2.45, 2.75) is 39.8 Å². The number of aromatic nitrogens is 3. The summed E-state index contributed by atoms with van der Waals surface area (Å²) in [6.45, 7) is 11.0. The molecule has 0 bridgehead atoms. The quantitative estimate of drug-likeness (QED) is 0.912. The van der Waals surface area contributed by atoms with E-state index in [0.29, 0.717) is 6.04 Å². The first-order valence-corrected chi connectivity index (χ1v) is 7.87. The van der Waals surface area contributed by atoms with Gasteiger partial charge < -0.3 is 10.2 Å². The molecule has 2 aromatic heterocycles. The Labute approximate surface area is 126 Å². The van der Waals surface area contributed by atoms with Crippen LogP contribution < -0.4 is 5.32 Å². The first-order chi connectivity index (χ1) is 10.1. The summed E-state index contributed by atoms with van der Waals surface area (Å²) >= 11 is 0. The lowest BCUT2D eigenvalue weighted by molar-refractivity contribution is 0.264. The molecule has 5 heteroatoms. The summed E-state index contributed by atoms with van der Waals surface area (Å²) in [4.78, 5) is 7.00. The zero-order valence-corrected chi connectivity index (χ0v) is 13.2. The zero-order valence-electron chi connectivity index (χ0n) is 13.2. The Bertz CT molecular complexity index is 604. The van der Waals surface area contributed by atoms with Crippen molar-refractivity contribution in [1.82, 2.24) is 24.8 Å². The van der Waals surface area contributed by atoms with Crippen molar-refractivity contribution < 1.29 is 0 Å². The van der Waals surface area contributed by atoms with Crippen LogP contribution in [0.5, 0.6) is 0 Å². The zero-order chi connectivity index (χ0) is 14.8. The Morgan fingerprint density at radius 1 is 1.43 bits per heavy atom. The molecule has 1 aliphatic rings. The van der Waals surface area contributed by atoms with Gasteiger partial charge in [0.2, 0.25) is 0 Å². The summed E-state index contributed by atoms with van der Waals surface area (Å²) in [5.74, 6) is 0.774. The van der Waals surface area contributed by atoms with Gasteiger partial charge in [0.1, 0.15) is 0 Å². The van der Waals surface area contributed by atoms with Crippen molar-refractivity contribution in [3.8, 4) is 0 Å². The molecule has 1 N–H and O–H groups in total. The maximum atomic E-state index is 4.44. The molecule has 1 unspecified atom stereocenters. The van der Waals surface area contributed by atoms with E-state index in [1.807, 2.05) is 23.7 Å². The summed E-state index contributed by atoms with van der Waals surface area (Å²) in [6.07, 6.45) is 5.32. The van der Waals surface area contributed by atoms with Gasteiger partial charge in [-0.1, -0.05) is 0 Å². The van der Waals surface area contributed by atoms with Gasteiger partial charge in [0.25, 0.3) is 0 Å². The maximum absolute atomic E-state index is 4.44. The molecule has 5 nitrogen and oxygen atoms in total. The Morgan fingerprint density at radius 2 is 2.29 bits per heavy atom. The lowest BCUT2D eigenvalue weighted by Crippen LogP contribution is -2.30. The van der Waals surface area contributed by atoms with Gasteiger partial charge in [-0.2, -0.15) is 5.10 Å². The average molecular weight is 287 g/mol. The molecule has 1 saturated heterocycles. The van der Waals surface area contributed by atoms with Gasteiger partial charge in [-0.25, -0.2) is 9.50 Å². The molecule has 2 aromatic rings. The van der Waals surface area contributed by atoms with Gasteiger partial charge in [-0.15, -0.1) is 0 Å². The normalized spacial score (nSPS) is 19.9. The van der Waals surface area contributed by atoms with E-state index in [9.17, 15) is 0 Å². The van der Waals surface area contributed by atoms with Gasteiger partial charge >= 0.3 is 0 Å². The SMILES string of the molecule is Cc1cc2ncc(CNCC3CCN(C(C)C)C3)cn2n1. The van der Waals surface area contributed by atoms with Crippen molar-refractivity contribution in [3.63, 3.8) is 0 Å². The number of fused-ring (bicyclic) bond motifs is 1. The average Bonchev–Trinajstić information content (AvgIpc) is 3.03. The van der Waals surface area contributed by atoms with E-state index in [2.05, 4.69) is 40.3 Å². The molecule has 21 heavy (non-hydrogen) atoms. The lowest BCUT2D eigenvalue weighted by atomic mass is 10.1. The van der Waals surface area contributed by atoms with Gasteiger partial charge in [0.05, 0.1) is 5.69 Å². The molecule has 114 valence electrons. The van der Waals surface area contributed by atoms with Crippen LogP contribution in [-0.4, -0.2) is 45.2 Å². The Hall–Kier alpha value is -1.46. The van der Waals surface area contributed by atoms with Crippen molar-refractivity contribution in [2.24, 2.45) is 5.92 Å². The van der Waals surface area contributed by atoms with Crippen LogP contribution in [0.3, 0.4) is 0 Å². The van der Waals surface area contributed by atoms with E-state index in [1.54, 1.807) is 0 Å². The fourth-order valence-corrected chi connectivity index (χ4v) is 3.04. The molecule has 1 atom stereocenters. The molecule has 0 aliphatic carbocycles. The molecule has 0 radical (unpaired) electrons. The van der Waals surface area contributed by atoms with Crippen molar-refractivity contribution in [3.05, 3.63) is 29.7 Å². The van der Waals surface area contributed by atoms with Crippen LogP contribution >= 0.6 is 0 Å². The molecular weight excluding hydrogens is 262 g/mol. The summed E-state index contributed by atoms with van der Waals surface area (Å²) in [5.41, 5.74) is 3.11. The predicted octanol–water partition coefficient (Wildman–Crippen LogP) is 1.86. The van der Waals surface area contributed by atoms with Crippen LogP contribution in [0.4, 0.5) is 0 Å². The smallest absolute Gasteiger partial charge is 0.155 e. The first-order valence-electron chi connectivity index (χ1n) is 7.87. The largest absolute Gasteiger partial charge is 0.312 e. The molecule has 0 saturated carbocycles. The van der Waals surface area contributed by atoms with E-state index >= 15 is 0 Å². The third kappa shape index (κ3) is 3.41. The van der Waals surface area contributed by atoms with Crippen molar-refractivity contribution in [2.75, 3.05) is 19.6 Å². The minimum atomic E-state index is 0.671. The van der Waals surface area contributed by atoms with E-state index in [0.717, 1.165) is 30.3 Å². The fourth-order valence-electron chi connectivity index (χ4n) is 3.04. The number of aryl methyl sites for hydroxylation is 1. The van der Waals surface area contributed by atoms with Crippen LogP contribution in [-0.2, 0) is 6.54 Å². The van der Waals surface area contributed by atoms with Crippen LogP contribution in [0, 0.1) is 12.8 Å². The molecule has 3 heterocycles. The number of nitrogens with one attached hydrogen (secondary N) is 1. The van der Waals surface area contributed by atoms with Crippen molar-refractivity contribution >= 4 is 5.65 Å². The lowest BCUT2D eigenvalue weighted by Gasteiger charge is -2.20. The minimum absolute atomic E-state index is 0.671. The van der Waals surface area contributed by atoms with E-state index < -0.39 is 0 Å². The molecule has 1 fully saturated rings. The number of rotatable bonds is 5. The predicted molar refractivity (Wildman–Crippen MR) is 84.2 cm³/mol. The van der Waals surface area contributed by atoms with Gasteiger partial charge in [0.15, 0.2) is 5.65 Å². The molecular formula is C16H25N5. The van der Waals surface area contributed by atoms with E-state index in [1.165, 1.54) is 25.1 Å². The molecule has 0 amide bonds. The summed E-state index contributed by atoms with van der Waals surface area (Å²) in [6, 6.07) is 2.67. The monoisotopic (exact) mass is 287 g/mol. The van der Waals surface area contributed by atoms with Crippen LogP contribution in [0.1, 0.15) is 31.5 Å². The molecule has 0 aromatic carbocycles. The van der Waals surface area contributed by atoms with Crippen LogP contribution in [0.25, 0.3) is 5.65 Å². The minimum Gasteiger partial charge on any atom is -0.312 e. The van der Waals surface area contributed by atoms with Gasteiger partial charge in [-0.3, -0.25) is 0 Å². The highest BCUT2D eigenvalue weighted by Crippen LogP contribution is 2.17. The van der Waals surface area contributed by atoms with Crippen LogP contribution in [0.2, 0.25) is 0 Å². The maximum Gasteiger partial charge on any atom is 0.155 e. The molecule has 0 spiro atoms. The highest BCUT2D eigenvalue weighted by Gasteiger charge is 2.23. The fraction of sp³-hybridized carbons (Fsp3) is 0.625. The molecule has 3 rings (SSSR count). The highest BCUT2D eigenvalue weighted by atomic mass is 15.2. The molecule has 1 aliphatic heterocycles. The number of hydrogen-bond acceptors (Lipinski definition) is 4. The Balaban J connectivity index is 1.50. The summed E-state index contributed by atoms with van der Waals surface area (Å²) in [5, 5.41) is 7.98. The van der Waals surface area contributed by atoms with E-state index in [-0.39, 0.29) is 0 Å². The standard InChI is InChI=1S/C16H25N5/c1-12(2)20-5-4-14(10-20)7-17-8-15-9-18-16-6-13(3)19-21(16)11-15/h6,9,11-12,14,17H,4-5,7-8,10H2,1-3H3. The summed E-state index contributed by atoms with van der Waals surface area (Å²) < 4.78 is 1.86. The topological polar surface area (TPSA) is 45.5 Å². The van der Waals surface area contributed by atoms with E-state index in [4.69, 9.17) is 0 Å². The number of likely N-dealkylation sites (tertiary alicyclic amines) is 1. The number of nitrogens with zero attached hydrogens (tertiary/aromatic N) is 4. The van der Waals surface area contributed by atoms with Gasteiger partial charge in [-0.05, 0) is 46.2 Å².